The van der Waals surface area contributed by atoms with Crippen LogP contribution in [0.2, 0.25) is 0 Å². The normalized spacial score (nSPS) is 18.2. The summed E-state index contributed by atoms with van der Waals surface area (Å²) in [5.41, 5.74) is 2.05. The summed E-state index contributed by atoms with van der Waals surface area (Å²) in [6, 6.07) is 15.7. The van der Waals surface area contributed by atoms with Crippen molar-refractivity contribution in [3.05, 3.63) is 48.5 Å². The van der Waals surface area contributed by atoms with E-state index >= 15 is 0 Å². The van der Waals surface area contributed by atoms with Crippen molar-refractivity contribution in [3.8, 4) is 16.9 Å². The Labute approximate surface area is 188 Å². The van der Waals surface area contributed by atoms with E-state index in [1.807, 2.05) is 83.1 Å². The first-order valence-corrected chi connectivity index (χ1v) is 14.3. The van der Waals surface area contributed by atoms with Crippen LogP contribution in [0.1, 0.15) is 55.4 Å². The summed E-state index contributed by atoms with van der Waals surface area (Å²) in [6.07, 6.45) is 4.09. The van der Waals surface area contributed by atoms with Crippen LogP contribution in [0, 0.1) is 0 Å². The van der Waals surface area contributed by atoms with E-state index in [9.17, 15) is 4.57 Å². The number of fused-ring (bicyclic) bond motifs is 3. The second kappa shape index (κ2) is 9.67. The maximum Gasteiger partial charge on any atom is 0.283 e. The summed E-state index contributed by atoms with van der Waals surface area (Å²) in [4.78, 5) is 0. The second-order valence-corrected chi connectivity index (χ2v) is 15.8. The minimum Gasteiger partial charge on any atom is -0.439 e. The molecule has 0 bridgehead atoms. The third kappa shape index (κ3) is 5.37. The standard InChI is InChI=1S/C16H17O2P.C9H21O2P/c1-16(2,3)19(17)15-11-7-5-9-13(15)12-8-4-6-10-14(12)18-19;1-7-10-12(6,11-8-2)9(3,4)5/h4-11H,1-3H3;6-8H2,1-5H3. The summed E-state index contributed by atoms with van der Waals surface area (Å²) < 4.78 is 30.6. The van der Waals surface area contributed by atoms with Crippen LogP contribution < -0.4 is 9.83 Å². The van der Waals surface area contributed by atoms with Crippen LogP contribution in [-0.4, -0.2) is 29.8 Å². The van der Waals surface area contributed by atoms with Gasteiger partial charge in [-0.3, -0.25) is 4.57 Å². The van der Waals surface area contributed by atoms with Crippen molar-refractivity contribution in [2.24, 2.45) is 0 Å². The smallest absolute Gasteiger partial charge is 0.283 e. The molecular formula is C25H38O4P2. The predicted molar refractivity (Wildman–Crippen MR) is 137 cm³/mol. The third-order valence-corrected chi connectivity index (χ3v) is 11.8. The predicted octanol–water partition coefficient (Wildman–Crippen LogP) is 7.59. The van der Waals surface area contributed by atoms with Crippen LogP contribution in [0.25, 0.3) is 11.1 Å². The molecule has 0 aromatic heterocycles. The van der Waals surface area contributed by atoms with Crippen LogP contribution in [0.3, 0.4) is 0 Å². The monoisotopic (exact) mass is 464 g/mol. The Kier molecular flexibility index (Phi) is 8.10. The Bertz CT molecular complexity index is 974. The Morgan fingerprint density at radius 3 is 1.84 bits per heavy atom. The Morgan fingerprint density at radius 1 is 0.871 bits per heavy atom. The molecule has 0 spiro atoms. The van der Waals surface area contributed by atoms with E-state index in [2.05, 4.69) is 27.1 Å². The van der Waals surface area contributed by atoms with Crippen molar-refractivity contribution >= 4 is 26.3 Å². The molecule has 0 saturated carbocycles. The zero-order valence-corrected chi connectivity index (χ0v) is 22.1. The van der Waals surface area contributed by atoms with E-state index in [4.69, 9.17) is 13.6 Å². The number of para-hydroxylation sites is 1. The van der Waals surface area contributed by atoms with Crippen LogP contribution in [0.15, 0.2) is 48.5 Å². The molecule has 0 radical (unpaired) electrons. The summed E-state index contributed by atoms with van der Waals surface area (Å²) in [5.74, 6) is 0.722. The minimum absolute atomic E-state index is 0.0129. The lowest BCUT2D eigenvalue weighted by atomic mass is 10.0. The fourth-order valence-electron chi connectivity index (χ4n) is 3.25. The molecule has 1 unspecified atom stereocenters. The second-order valence-electron chi connectivity index (χ2n) is 9.51. The maximum absolute atomic E-state index is 13.4. The van der Waals surface area contributed by atoms with Crippen LogP contribution in [0.5, 0.6) is 5.75 Å². The highest BCUT2D eigenvalue weighted by molar-refractivity contribution is 7.69. The van der Waals surface area contributed by atoms with Gasteiger partial charge in [-0.2, -0.15) is 0 Å². The van der Waals surface area contributed by atoms with E-state index in [-0.39, 0.29) is 5.16 Å². The molecule has 0 saturated heterocycles. The largest absolute Gasteiger partial charge is 0.439 e. The third-order valence-electron chi connectivity index (χ3n) is 5.21. The van der Waals surface area contributed by atoms with Gasteiger partial charge in [0.1, 0.15) is 13.1 Å². The molecule has 3 rings (SSSR count). The number of benzene rings is 2. The first-order chi connectivity index (χ1) is 14.3. The zero-order valence-electron chi connectivity index (χ0n) is 20.3. The summed E-state index contributed by atoms with van der Waals surface area (Å²) >= 11 is 0. The topological polar surface area (TPSA) is 44.8 Å². The van der Waals surface area contributed by atoms with Crippen LogP contribution >= 0.6 is 14.7 Å². The van der Waals surface area contributed by atoms with Gasteiger partial charge in [-0.15, -0.1) is 0 Å². The molecule has 0 fully saturated rings. The molecule has 1 heterocycles. The van der Waals surface area contributed by atoms with Crippen LogP contribution in [-0.2, 0) is 13.6 Å². The van der Waals surface area contributed by atoms with E-state index in [1.165, 1.54) is 0 Å². The van der Waals surface area contributed by atoms with E-state index in [0.29, 0.717) is 13.2 Å². The number of hydrogen-bond acceptors (Lipinski definition) is 4. The number of hydrogen-bond donors (Lipinski definition) is 0. The van der Waals surface area contributed by atoms with Crippen molar-refractivity contribution in [3.63, 3.8) is 0 Å². The molecule has 172 valence electrons. The lowest BCUT2D eigenvalue weighted by Gasteiger charge is -2.36. The highest BCUT2D eigenvalue weighted by atomic mass is 31.2. The summed E-state index contributed by atoms with van der Waals surface area (Å²) in [7, 11) is -4.82. The van der Waals surface area contributed by atoms with Crippen molar-refractivity contribution in [1.82, 2.24) is 0 Å². The lowest BCUT2D eigenvalue weighted by molar-refractivity contribution is 0.250. The lowest BCUT2D eigenvalue weighted by Crippen LogP contribution is -2.30. The highest BCUT2D eigenvalue weighted by Crippen LogP contribution is 2.62. The van der Waals surface area contributed by atoms with Crippen molar-refractivity contribution < 1.29 is 18.1 Å². The van der Waals surface area contributed by atoms with Crippen molar-refractivity contribution in [2.45, 2.75) is 65.7 Å². The summed E-state index contributed by atoms with van der Waals surface area (Å²) in [5, 5.41) is 0.427. The molecule has 2 aromatic carbocycles. The Morgan fingerprint density at radius 2 is 1.35 bits per heavy atom. The molecule has 1 atom stereocenters. The highest BCUT2D eigenvalue weighted by Gasteiger charge is 2.45. The average Bonchev–Trinajstić information content (AvgIpc) is 2.67. The van der Waals surface area contributed by atoms with Gasteiger partial charge < -0.3 is 13.6 Å². The van der Waals surface area contributed by atoms with Gasteiger partial charge in [-0.1, -0.05) is 63.5 Å². The van der Waals surface area contributed by atoms with Gasteiger partial charge in [-0.25, -0.2) is 0 Å². The fourth-order valence-corrected chi connectivity index (χ4v) is 7.26. The number of rotatable bonds is 4. The molecular weight excluding hydrogens is 426 g/mol. The first-order valence-electron chi connectivity index (χ1n) is 10.8. The minimum atomic E-state index is -2.92. The molecule has 0 aliphatic carbocycles. The Balaban J connectivity index is 0.000000248. The molecule has 4 nitrogen and oxygen atoms in total. The molecule has 1 aliphatic rings. The van der Waals surface area contributed by atoms with Gasteiger partial charge in [0.2, 0.25) is 0 Å². The van der Waals surface area contributed by atoms with Gasteiger partial charge in [0.05, 0.1) is 23.7 Å². The quantitative estimate of drug-likeness (QED) is 0.438. The maximum atomic E-state index is 13.4. The van der Waals surface area contributed by atoms with E-state index in [0.717, 1.165) is 22.2 Å². The van der Waals surface area contributed by atoms with Gasteiger partial charge in [0.25, 0.3) is 7.37 Å². The molecule has 1 aliphatic heterocycles. The fraction of sp³-hybridized carbons (Fsp3) is 0.480. The average molecular weight is 465 g/mol. The Hall–Kier alpha value is -1.31. The first kappa shape index (κ1) is 25.9. The van der Waals surface area contributed by atoms with Gasteiger partial charge in [0, 0.05) is 10.7 Å². The molecule has 2 aromatic rings. The molecule has 0 N–H and O–H groups in total. The summed E-state index contributed by atoms with van der Waals surface area (Å²) in [6.45, 7) is 17.5. The van der Waals surface area contributed by atoms with Crippen molar-refractivity contribution in [1.29, 1.82) is 0 Å². The van der Waals surface area contributed by atoms with E-state index < -0.39 is 19.9 Å². The molecule has 0 amide bonds. The van der Waals surface area contributed by atoms with Crippen LogP contribution in [0.4, 0.5) is 0 Å². The van der Waals surface area contributed by atoms with Gasteiger partial charge in [-0.05, 0) is 52.3 Å². The SMILES string of the molecule is C=P(OCC)(OCC)C(C)(C)C.CC(C)(C)P1(=O)Oc2ccccc2-c2ccccc21. The van der Waals surface area contributed by atoms with Crippen molar-refractivity contribution in [2.75, 3.05) is 13.2 Å². The van der Waals surface area contributed by atoms with Gasteiger partial charge in [0.15, 0.2) is 0 Å². The molecule has 31 heavy (non-hydrogen) atoms. The van der Waals surface area contributed by atoms with E-state index in [1.54, 1.807) is 0 Å². The zero-order chi connectivity index (χ0) is 23.5. The molecule has 6 heteroatoms. The van der Waals surface area contributed by atoms with Gasteiger partial charge >= 0.3 is 0 Å².